The molecule has 0 N–H and O–H groups in total. The number of hydrogen-bond donors (Lipinski definition) is 0. The van der Waals surface area contributed by atoms with Crippen LogP contribution in [0.2, 0.25) is 0 Å². The maximum absolute atomic E-state index is 5.34. The molecule has 0 aliphatic carbocycles. The number of para-hydroxylation sites is 1. The molecule has 4 aromatic heterocycles. The first-order chi connectivity index (χ1) is 32.2. The fourth-order valence-electron chi connectivity index (χ4n) is 9.95. The standard InChI is InChI=1S/C59H34N4S2/c1-2-13-35(14-3-1)57-60-58(62-59(61-57)41-26-28-53-47(32-41)43-20-9-11-23-52(43)64-53)40-25-27-50(63-49-22-10-8-19-42(49)45-29-36-15-4-6-17-38(36)33-51(45)63)46(31-40)44-21-12-24-54-56(44)48-30-37-16-5-7-18-39(37)34-55(48)65-54/h1-34H. The highest BCUT2D eigenvalue weighted by molar-refractivity contribution is 7.26. The van der Waals surface area contributed by atoms with Gasteiger partial charge in [-0.05, 0) is 106 Å². The lowest BCUT2D eigenvalue weighted by atomic mass is 9.95. The third-order valence-corrected chi connectivity index (χ3v) is 15.3. The molecule has 4 nitrogen and oxygen atoms in total. The third-order valence-electron chi connectivity index (χ3n) is 13.0. The van der Waals surface area contributed by atoms with Crippen LogP contribution < -0.4 is 0 Å². The van der Waals surface area contributed by atoms with Crippen molar-refractivity contribution in [2.45, 2.75) is 0 Å². The monoisotopic (exact) mass is 862 g/mol. The number of aromatic nitrogens is 4. The van der Waals surface area contributed by atoms with E-state index >= 15 is 0 Å². The van der Waals surface area contributed by atoms with Gasteiger partial charge >= 0.3 is 0 Å². The molecule has 0 fully saturated rings. The van der Waals surface area contributed by atoms with Crippen LogP contribution in [0.1, 0.15) is 0 Å². The van der Waals surface area contributed by atoms with Gasteiger partial charge in [0, 0.05) is 73.4 Å². The average molecular weight is 863 g/mol. The molecule has 302 valence electrons. The van der Waals surface area contributed by atoms with E-state index in [0.717, 1.165) is 39.0 Å². The second kappa shape index (κ2) is 14.2. The molecule has 10 aromatic carbocycles. The van der Waals surface area contributed by atoms with Crippen LogP contribution in [-0.2, 0) is 0 Å². The van der Waals surface area contributed by atoms with E-state index < -0.39 is 0 Å². The Morgan fingerprint density at radius 3 is 1.69 bits per heavy atom. The topological polar surface area (TPSA) is 43.6 Å². The Labute approximate surface area is 381 Å². The van der Waals surface area contributed by atoms with Crippen LogP contribution in [0, 0.1) is 0 Å². The van der Waals surface area contributed by atoms with Gasteiger partial charge in [0.25, 0.3) is 0 Å². The minimum Gasteiger partial charge on any atom is -0.309 e. The van der Waals surface area contributed by atoms with Crippen molar-refractivity contribution in [2.24, 2.45) is 0 Å². The smallest absolute Gasteiger partial charge is 0.164 e. The Bertz CT molecular complexity index is 4250. The van der Waals surface area contributed by atoms with Crippen molar-refractivity contribution in [1.82, 2.24) is 19.5 Å². The summed E-state index contributed by atoms with van der Waals surface area (Å²) < 4.78 is 7.51. The second-order valence-corrected chi connectivity index (χ2v) is 18.9. The third kappa shape index (κ3) is 5.78. The van der Waals surface area contributed by atoms with Crippen molar-refractivity contribution < 1.29 is 0 Å². The van der Waals surface area contributed by atoms with E-state index in [2.05, 4.69) is 193 Å². The Kier molecular flexibility index (Phi) is 7.99. The second-order valence-electron chi connectivity index (χ2n) is 16.8. The van der Waals surface area contributed by atoms with Gasteiger partial charge < -0.3 is 4.57 Å². The minimum absolute atomic E-state index is 0.624. The predicted molar refractivity (Wildman–Crippen MR) is 277 cm³/mol. The quantitative estimate of drug-likeness (QED) is 0.173. The van der Waals surface area contributed by atoms with Crippen molar-refractivity contribution in [2.75, 3.05) is 0 Å². The van der Waals surface area contributed by atoms with Gasteiger partial charge in [-0.15, -0.1) is 22.7 Å². The molecule has 14 rings (SSSR count). The highest BCUT2D eigenvalue weighted by atomic mass is 32.1. The summed E-state index contributed by atoms with van der Waals surface area (Å²) >= 11 is 3.67. The van der Waals surface area contributed by atoms with E-state index in [1.807, 2.05) is 40.9 Å². The molecule has 0 bridgehead atoms. The van der Waals surface area contributed by atoms with Gasteiger partial charge in [0.15, 0.2) is 17.5 Å². The summed E-state index contributed by atoms with van der Waals surface area (Å²) in [5.41, 5.74) is 8.50. The molecule has 0 unspecified atom stereocenters. The highest BCUT2D eigenvalue weighted by Crippen LogP contribution is 2.46. The lowest BCUT2D eigenvalue weighted by Crippen LogP contribution is -2.02. The first-order valence-corrected chi connectivity index (χ1v) is 23.5. The number of fused-ring (bicyclic) bond motifs is 11. The van der Waals surface area contributed by atoms with Crippen molar-refractivity contribution >= 4 is 106 Å². The van der Waals surface area contributed by atoms with Crippen LogP contribution in [0.4, 0.5) is 0 Å². The number of benzene rings is 10. The van der Waals surface area contributed by atoms with Crippen LogP contribution in [0.25, 0.3) is 135 Å². The first-order valence-electron chi connectivity index (χ1n) is 21.8. The molecule has 0 aliphatic heterocycles. The van der Waals surface area contributed by atoms with E-state index in [1.54, 1.807) is 0 Å². The molecule has 0 spiro atoms. The minimum atomic E-state index is 0.624. The molecule has 0 radical (unpaired) electrons. The van der Waals surface area contributed by atoms with E-state index in [9.17, 15) is 0 Å². The predicted octanol–water partition coefficient (Wildman–Crippen LogP) is 16.7. The molecule has 65 heavy (non-hydrogen) atoms. The van der Waals surface area contributed by atoms with Crippen molar-refractivity contribution in [1.29, 1.82) is 0 Å². The van der Waals surface area contributed by atoms with Gasteiger partial charge in [0.1, 0.15) is 0 Å². The summed E-state index contributed by atoms with van der Waals surface area (Å²) in [7, 11) is 0. The van der Waals surface area contributed by atoms with Gasteiger partial charge in [-0.25, -0.2) is 15.0 Å². The SMILES string of the molecule is c1ccc(-c2nc(-c3ccc(-n4c5ccccc5c5cc6ccccc6cc54)c(-c4cccc5sc6cc7ccccc7cc6c45)c3)nc(-c3ccc4sc5ccccc5c4c3)n2)cc1. The Morgan fingerprint density at radius 1 is 0.308 bits per heavy atom. The lowest BCUT2D eigenvalue weighted by molar-refractivity contribution is 1.07. The largest absolute Gasteiger partial charge is 0.309 e. The molecule has 0 amide bonds. The molecular formula is C59H34N4S2. The number of hydrogen-bond acceptors (Lipinski definition) is 5. The zero-order valence-electron chi connectivity index (χ0n) is 34.7. The van der Waals surface area contributed by atoms with Gasteiger partial charge in [0.2, 0.25) is 0 Å². The molecule has 14 aromatic rings. The summed E-state index contributed by atoms with van der Waals surface area (Å²) in [5.74, 6) is 1.90. The van der Waals surface area contributed by atoms with E-state index in [1.165, 1.54) is 78.2 Å². The van der Waals surface area contributed by atoms with Crippen LogP contribution in [0.3, 0.4) is 0 Å². The Hall–Kier alpha value is -8.03. The van der Waals surface area contributed by atoms with Gasteiger partial charge in [0.05, 0.1) is 16.7 Å². The molecule has 6 heteroatoms. The molecule has 0 atom stereocenters. The Morgan fingerprint density at radius 2 is 0.892 bits per heavy atom. The average Bonchev–Trinajstić information content (AvgIpc) is 4.03. The zero-order chi connectivity index (χ0) is 42.6. The summed E-state index contributed by atoms with van der Waals surface area (Å²) in [6.07, 6.45) is 0. The lowest BCUT2D eigenvalue weighted by Gasteiger charge is -2.17. The fourth-order valence-corrected chi connectivity index (χ4v) is 12.2. The fraction of sp³-hybridized carbons (Fsp3) is 0. The van der Waals surface area contributed by atoms with Gasteiger partial charge in [-0.2, -0.15) is 0 Å². The van der Waals surface area contributed by atoms with Crippen LogP contribution in [0.5, 0.6) is 0 Å². The van der Waals surface area contributed by atoms with Crippen molar-refractivity contribution in [3.05, 3.63) is 206 Å². The number of rotatable bonds is 5. The van der Waals surface area contributed by atoms with E-state index in [4.69, 9.17) is 15.0 Å². The maximum atomic E-state index is 5.34. The summed E-state index contributed by atoms with van der Waals surface area (Å²) in [4.78, 5) is 15.8. The zero-order valence-corrected chi connectivity index (χ0v) is 36.4. The number of thiophene rings is 2. The van der Waals surface area contributed by atoms with E-state index in [-0.39, 0.29) is 0 Å². The molecule has 0 saturated carbocycles. The van der Waals surface area contributed by atoms with Gasteiger partial charge in [-0.3, -0.25) is 0 Å². The molecule has 4 heterocycles. The first kappa shape index (κ1) is 36.5. The Balaban J connectivity index is 1.06. The summed E-state index contributed by atoms with van der Waals surface area (Å²) in [6.45, 7) is 0. The highest BCUT2D eigenvalue weighted by Gasteiger charge is 2.22. The summed E-state index contributed by atoms with van der Waals surface area (Å²) in [5, 5.41) is 12.3. The molecule has 0 saturated heterocycles. The van der Waals surface area contributed by atoms with Crippen LogP contribution >= 0.6 is 22.7 Å². The number of nitrogens with zero attached hydrogens (tertiary/aromatic N) is 4. The molecule has 0 aliphatic rings. The summed E-state index contributed by atoms with van der Waals surface area (Å²) in [6, 6.07) is 74.6. The molecular weight excluding hydrogens is 829 g/mol. The van der Waals surface area contributed by atoms with Gasteiger partial charge in [-0.1, -0.05) is 127 Å². The van der Waals surface area contributed by atoms with Crippen molar-refractivity contribution in [3.63, 3.8) is 0 Å². The van der Waals surface area contributed by atoms with Crippen molar-refractivity contribution in [3.8, 4) is 51.0 Å². The van der Waals surface area contributed by atoms with Crippen LogP contribution in [-0.4, -0.2) is 19.5 Å². The normalized spacial score (nSPS) is 12.0. The van der Waals surface area contributed by atoms with E-state index in [0.29, 0.717) is 17.5 Å². The van der Waals surface area contributed by atoms with Crippen LogP contribution in [0.15, 0.2) is 206 Å². The maximum Gasteiger partial charge on any atom is 0.164 e.